The molecule has 0 aromatic carbocycles. The standard InChI is InChI=1S/C13H28O2S/c1-4-7-8-14-9-10-15-11-13(5-2,6-3)12-16/h16H,4-12H2,1-3H3. The van der Waals surface area contributed by atoms with Crippen molar-refractivity contribution < 1.29 is 9.47 Å². The molecule has 0 amide bonds. The van der Waals surface area contributed by atoms with Crippen LogP contribution < -0.4 is 0 Å². The van der Waals surface area contributed by atoms with Crippen molar-refractivity contribution in [2.45, 2.75) is 46.5 Å². The Labute approximate surface area is 107 Å². The molecule has 0 aliphatic rings. The van der Waals surface area contributed by atoms with Crippen LogP contribution in [0.4, 0.5) is 0 Å². The zero-order chi connectivity index (χ0) is 12.3. The summed E-state index contributed by atoms with van der Waals surface area (Å²) >= 11 is 4.42. The Kier molecular flexibility index (Phi) is 10.6. The first kappa shape index (κ1) is 16.3. The monoisotopic (exact) mass is 248 g/mol. The zero-order valence-corrected chi connectivity index (χ0v) is 12.0. The summed E-state index contributed by atoms with van der Waals surface area (Å²) in [5.74, 6) is 0.899. The maximum Gasteiger partial charge on any atom is 0.0700 e. The van der Waals surface area contributed by atoms with E-state index in [2.05, 4.69) is 33.4 Å². The van der Waals surface area contributed by atoms with Gasteiger partial charge in [-0.05, 0) is 25.0 Å². The van der Waals surface area contributed by atoms with Crippen molar-refractivity contribution in [3.8, 4) is 0 Å². The number of hydrogen-bond donors (Lipinski definition) is 1. The van der Waals surface area contributed by atoms with E-state index in [0.717, 1.165) is 44.8 Å². The van der Waals surface area contributed by atoms with Crippen molar-refractivity contribution in [3.63, 3.8) is 0 Å². The van der Waals surface area contributed by atoms with Crippen LogP contribution >= 0.6 is 12.6 Å². The van der Waals surface area contributed by atoms with Crippen LogP contribution in [0.3, 0.4) is 0 Å². The minimum atomic E-state index is 0.256. The van der Waals surface area contributed by atoms with Gasteiger partial charge in [0.1, 0.15) is 0 Å². The molecule has 0 aliphatic carbocycles. The van der Waals surface area contributed by atoms with Crippen molar-refractivity contribution in [2.75, 3.05) is 32.2 Å². The summed E-state index contributed by atoms with van der Waals surface area (Å²) in [6.07, 6.45) is 4.59. The first-order chi connectivity index (χ1) is 7.74. The molecule has 0 N–H and O–H groups in total. The number of hydrogen-bond acceptors (Lipinski definition) is 3. The van der Waals surface area contributed by atoms with E-state index in [1.165, 1.54) is 6.42 Å². The molecule has 3 heteroatoms. The molecule has 0 atom stereocenters. The van der Waals surface area contributed by atoms with E-state index in [9.17, 15) is 0 Å². The second kappa shape index (κ2) is 10.4. The van der Waals surface area contributed by atoms with Gasteiger partial charge in [-0.15, -0.1) is 0 Å². The van der Waals surface area contributed by atoms with Gasteiger partial charge in [-0.25, -0.2) is 0 Å². The molecule has 0 bridgehead atoms. The molecule has 0 aliphatic heterocycles. The molecule has 0 spiro atoms. The van der Waals surface area contributed by atoms with Gasteiger partial charge in [-0.3, -0.25) is 0 Å². The minimum Gasteiger partial charge on any atom is -0.379 e. The first-order valence-corrected chi connectivity index (χ1v) is 7.14. The molecule has 0 saturated carbocycles. The third kappa shape index (κ3) is 6.77. The molecule has 0 fully saturated rings. The smallest absolute Gasteiger partial charge is 0.0700 e. The Morgan fingerprint density at radius 3 is 2.06 bits per heavy atom. The van der Waals surface area contributed by atoms with E-state index >= 15 is 0 Å². The van der Waals surface area contributed by atoms with E-state index in [0.29, 0.717) is 6.61 Å². The number of unbranched alkanes of at least 4 members (excludes halogenated alkanes) is 1. The zero-order valence-electron chi connectivity index (χ0n) is 11.1. The van der Waals surface area contributed by atoms with Crippen LogP contribution in [-0.2, 0) is 9.47 Å². The second-order valence-corrected chi connectivity index (χ2v) is 4.70. The van der Waals surface area contributed by atoms with E-state index in [4.69, 9.17) is 9.47 Å². The molecule has 2 nitrogen and oxygen atoms in total. The molecule has 98 valence electrons. The van der Waals surface area contributed by atoms with Gasteiger partial charge in [0.2, 0.25) is 0 Å². The van der Waals surface area contributed by atoms with Crippen molar-refractivity contribution in [1.29, 1.82) is 0 Å². The van der Waals surface area contributed by atoms with E-state index in [1.54, 1.807) is 0 Å². The van der Waals surface area contributed by atoms with Gasteiger partial charge in [0.05, 0.1) is 19.8 Å². The SMILES string of the molecule is CCCCOCCOCC(CC)(CC)CS. The van der Waals surface area contributed by atoms with Gasteiger partial charge in [-0.1, -0.05) is 27.2 Å². The summed E-state index contributed by atoms with van der Waals surface area (Å²) in [6.45, 7) is 9.68. The van der Waals surface area contributed by atoms with Crippen LogP contribution in [0.2, 0.25) is 0 Å². The van der Waals surface area contributed by atoms with Gasteiger partial charge in [0.25, 0.3) is 0 Å². The molecule has 16 heavy (non-hydrogen) atoms. The predicted molar refractivity (Wildman–Crippen MR) is 73.4 cm³/mol. The number of ether oxygens (including phenoxy) is 2. The molecule has 0 saturated heterocycles. The van der Waals surface area contributed by atoms with Crippen LogP contribution in [0.25, 0.3) is 0 Å². The van der Waals surface area contributed by atoms with Crippen LogP contribution in [-0.4, -0.2) is 32.2 Å². The highest BCUT2D eigenvalue weighted by Crippen LogP contribution is 2.27. The minimum absolute atomic E-state index is 0.256. The van der Waals surface area contributed by atoms with Gasteiger partial charge in [0.15, 0.2) is 0 Å². The van der Waals surface area contributed by atoms with Crippen LogP contribution in [0, 0.1) is 5.41 Å². The summed E-state index contributed by atoms with van der Waals surface area (Å²) in [5, 5.41) is 0. The highest BCUT2D eigenvalue weighted by atomic mass is 32.1. The summed E-state index contributed by atoms with van der Waals surface area (Å²) in [7, 11) is 0. The van der Waals surface area contributed by atoms with Crippen molar-refractivity contribution in [1.82, 2.24) is 0 Å². The fraction of sp³-hybridized carbons (Fsp3) is 1.00. The Bertz CT molecular complexity index is 139. The van der Waals surface area contributed by atoms with Crippen LogP contribution in [0.5, 0.6) is 0 Å². The topological polar surface area (TPSA) is 18.5 Å². The van der Waals surface area contributed by atoms with Crippen molar-refractivity contribution >= 4 is 12.6 Å². The summed E-state index contributed by atoms with van der Waals surface area (Å²) in [6, 6.07) is 0. The van der Waals surface area contributed by atoms with Gasteiger partial charge in [0, 0.05) is 12.0 Å². The Hall–Kier alpha value is 0.270. The Morgan fingerprint density at radius 1 is 0.938 bits per heavy atom. The third-order valence-corrected chi connectivity index (χ3v) is 3.93. The largest absolute Gasteiger partial charge is 0.379 e. The third-order valence-electron chi connectivity index (χ3n) is 3.26. The average molecular weight is 248 g/mol. The van der Waals surface area contributed by atoms with Crippen LogP contribution in [0.15, 0.2) is 0 Å². The highest BCUT2D eigenvalue weighted by molar-refractivity contribution is 7.80. The maximum absolute atomic E-state index is 5.68. The molecule has 0 heterocycles. The lowest BCUT2D eigenvalue weighted by Crippen LogP contribution is -2.28. The lowest BCUT2D eigenvalue weighted by molar-refractivity contribution is 0.00842. The van der Waals surface area contributed by atoms with Crippen molar-refractivity contribution in [2.24, 2.45) is 5.41 Å². The summed E-state index contributed by atoms with van der Waals surface area (Å²) in [4.78, 5) is 0. The van der Waals surface area contributed by atoms with Crippen LogP contribution in [0.1, 0.15) is 46.5 Å². The molecule has 0 unspecified atom stereocenters. The molecule has 0 rings (SSSR count). The van der Waals surface area contributed by atoms with Gasteiger partial charge >= 0.3 is 0 Å². The van der Waals surface area contributed by atoms with E-state index in [1.807, 2.05) is 0 Å². The lowest BCUT2D eigenvalue weighted by Gasteiger charge is -2.29. The normalized spacial score (nSPS) is 12.0. The Morgan fingerprint density at radius 2 is 1.56 bits per heavy atom. The average Bonchev–Trinajstić information content (AvgIpc) is 2.34. The lowest BCUT2D eigenvalue weighted by atomic mass is 9.85. The van der Waals surface area contributed by atoms with E-state index < -0.39 is 0 Å². The number of thiol groups is 1. The maximum atomic E-state index is 5.68. The molecular formula is C13H28O2S. The number of rotatable bonds is 11. The second-order valence-electron chi connectivity index (χ2n) is 4.38. The van der Waals surface area contributed by atoms with Gasteiger partial charge < -0.3 is 9.47 Å². The molecule has 0 radical (unpaired) electrons. The molecule has 0 aromatic heterocycles. The quantitative estimate of drug-likeness (QED) is 0.445. The fourth-order valence-electron chi connectivity index (χ4n) is 1.48. The predicted octanol–water partition coefficient (Wildman–Crippen LogP) is 3.56. The highest BCUT2D eigenvalue weighted by Gasteiger charge is 2.24. The molecule has 0 aromatic rings. The molecular weight excluding hydrogens is 220 g/mol. The Balaban J connectivity index is 3.48. The first-order valence-electron chi connectivity index (χ1n) is 6.51. The van der Waals surface area contributed by atoms with Gasteiger partial charge in [-0.2, -0.15) is 12.6 Å². The fourth-order valence-corrected chi connectivity index (χ4v) is 2.02. The van der Waals surface area contributed by atoms with Crippen molar-refractivity contribution in [3.05, 3.63) is 0 Å². The summed E-state index contributed by atoms with van der Waals surface area (Å²) in [5.41, 5.74) is 0.256. The van der Waals surface area contributed by atoms with E-state index in [-0.39, 0.29) is 5.41 Å². The summed E-state index contributed by atoms with van der Waals surface area (Å²) < 4.78 is 11.1.